The second-order valence-corrected chi connectivity index (χ2v) is 7.60. The van der Waals surface area contributed by atoms with Crippen molar-refractivity contribution in [2.45, 2.75) is 31.9 Å². The number of rotatable bonds is 3. The standard InChI is InChI=1S/C22H25FN2O/c1-16-3-5-18(6-4-16)22(26)9-11-25(12-10-22)15-17-14-24(2)21-8-7-19(23)13-20(17)21/h3-8,13-14,26H,9-12,15H2,1-2H3. The first-order valence-corrected chi connectivity index (χ1v) is 9.20. The molecule has 0 radical (unpaired) electrons. The first-order valence-electron chi connectivity index (χ1n) is 9.20. The van der Waals surface area contributed by atoms with Crippen molar-refractivity contribution in [2.75, 3.05) is 13.1 Å². The highest BCUT2D eigenvalue weighted by molar-refractivity contribution is 5.84. The van der Waals surface area contributed by atoms with Crippen molar-refractivity contribution in [3.05, 3.63) is 71.2 Å². The van der Waals surface area contributed by atoms with Crippen LogP contribution in [0, 0.1) is 12.7 Å². The lowest BCUT2D eigenvalue weighted by atomic mass is 9.84. The molecule has 0 saturated carbocycles. The van der Waals surface area contributed by atoms with Crippen LogP contribution in [0.3, 0.4) is 0 Å². The highest BCUT2D eigenvalue weighted by Crippen LogP contribution is 2.34. The Labute approximate surface area is 153 Å². The summed E-state index contributed by atoms with van der Waals surface area (Å²) < 4.78 is 15.7. The van der Waals surface area contributed by atoms with E-state index in [4.69, 9.17) is 0 Å². The van der Waals surface area contributed by atoms with E-state index in [0.717, 1.165) is 54.5 Å². The van der Waals surface area contributed by atoms with Crippen molar-refractivity contribution in [3.63, 3.8) is 0 Å². The van der Waals surface area contributed by atoms with E-state index in [1.807, 2.05) is 25.2 Å². The maximum absolute atomic E-state index is 13.7. The first-order chi connectivity index (χ1) is 12.4. The summed E-state index contributed by atoms with van der Waals surface area (Å²) >= 11 is 0. The summed E-state index contributed by atoms with van der Waals surface area (Å²) in [6.45, 7) is 4.50. The molecular weight excluding hydrogens is 327 g/mol. The van der Waals surface area contributed by atoms with Crippen LogP contribution in [-0.4, -0.2) is 27.7 Å². The molecular formula is C22H25FN2O. The van der Waals surface area contributed by atoms with Gasteiger partial charge in [0, 0.05) is 43.8 Å². The van der Waals surface area contributed by atoms with E-state index in [9.17, 15) is 9.50 Å². The summed E-state index contributed by atoms with van der Waals surface area (Å²) in [5, 5.41) is 12.0. The van der Waals surface area contributed by atoms with E-state index in [0.29, 0.717) is 0 Å². The molecule has 1 N–H and O–H groups in total. The molecule has 0 aliphatic carbocycles. The van der Waals surface area contributed by atoms with E-state index in [-0.39, 0.29) is 5.82 Å². The van der Waals surface area contributed by atoms with Crippen LogP contribution >= 0.6 is 0 Å². The van der Waals surface area contributed by atoms with E-state index in [1.54, 1.807) is 6.07 Å². The average Bonchev–Trinajstić information content (AvgIpc) is 2.92. The molecule has 0 amide bonds. The minimum atomic E-state index is -0.741. The average molecular weight is 352 g/mol. The third-order valence-electron chi connectivity index (χ3n) is 5.70. The van der Waals surface area contributed by atoms with Gasteiger partial charge < -0.3 is 9.67 Å². The van der Waals surface area contributed by atoms with E-state index in [2.05, 4.69) is 34.7 Å². The molecule has 1 aliphatic rings. The van der Waals surface area contributed by atoms with Crippen LogP contribution in [0.25, 0.3) is 10.9 Å². The van der Waals surface area contributed by atoms with Gasteiger partial charge in [0.25, 0.3) is 0 Å². The number of benzene rings is 2. The van der Waals surface area contributed by atoms with Gasteiger partial charge in [0.2, 0.25) is 0 Å². The van der Waals surface area contributed by atoms with Gasteiger partial charge in [-0.3, -0.25) is 4.90 Å². The summed E-state index contributed by atoms with van der Waals surface area (Å²) in [6.07, 6.45) is 3.52. The highest BCUT2D eigenvalue weighted by atomic mass is 19.1. The minimum absolute atomic E-state index is 0.197. The molecule has 0 spiro atoms. The van der Waals surface area contributed by atoms with Gasteiger partial charge in [-0.25, -0.2) is 4.39 Å². The third kappa shape index (κ3) is 3.15. The fourth-order valence-corrected chi connectivity index (χ4v) is 4.05. The van der Waals surface area contributed by atoms with Gasteiger partial charge in [-0.05, 0) is 49.1 Å². The number of hydrogen-bond acceptors (Lipinski definition) is 2. The molecule has 136 valence electrons. The van der Waals surface area contributed by atoms with Crippen molar-refractivity contribution in [2.24, 2.45) is 7.05 Å². The van der Waals surface area contributed by atoms with Gasteiger partial charge in [-0.1, -0.05) is 29.8 Å². The lowest BCUT2D eigenvalue weighted by Crippen LogP contribution is -2.42. The summed E-state index contributed by atoms with van der Waals surface area (Å²) in [4.78, 5) is 2.35. The summed E-state index contributed by atoms with van der Waals surface area (Å²) in [5.41, 5.74) is 3.67. The Balaban J connectivity index is 1.49. The Hall–Kier alpha value is -2.17. The number of hydrogen-bond donors (Lipinski definition) is 1. The molecule has 4 heteroatoms. The molecule has 26 heavy (non-hydrogen) atoms. The molecule has 4 rings (SSSR count). The monoisotopic (exact) mass is 352 g/mol. The normalized spacial score (nSPS) is 17.7. The summed E-state index contributed by atoms with van der Waals surface area (Å²) in [6, 6.07) is 13.2. The van der Waals surface area contributed by atoms with Crippen LogP contribution in [0.4, 0.5) is 4.39 Å². The zero-order chi connectivity index (χ0) is 18.3. The van der Waals surface area contributed by atoms with Crippen molar-refractivity contribution >= 4 is 10.9 Å². The number of likely N-dealkylation sites (tertiary alicyclic amines) is 1. The Morgan fingerprint density at radius 1 is 1.08 bits per heavy atom. The molecule has 0 atom stereocenters. The van der Waals surface area contributed by atoms with Crippen molar-refractivity contribution in [1.82, 2.24) is 9.47 Å². The van der Waals surface area contributed by atoms with Gasteiger partial charge in [0.05, 0.1) is 5.60 Å². The molecule has 1 saturated heterocycles. The van der Waals surface area contributed by atoms with E-state index < -0.39 is 5.60 Å². The summed E-state index contributed by atoms with van der Waals surface area (Å²) in [7, 11) is 2.00. The second kappa shape index (κ2) is 6.53. The van der Waals surface area contributed by atoms with Crippen LogP contribution in [0.15, 0.2) is 48.7 Å². The zero-order valence-electron chi connectivity index (χ0n) is 15.4. The molecule has 3 nitrogen and oxygen atoms in total. The Morgan fingerprint density at radius 2 is 1.77 bits per heavy atom. The smallest absolute Gasteiger partial charge is 0.123 e. The number of halogens is 1. The molecule has 0 bridgehead atoms. The molecule has 1 aromatic heterocycles. The number of piperidine rings is 1. The Bertz CT molecular complexity index is 921. The Kier molecular flexibility index (Phi) is 4.33. The molecule has 1 aliphatic heterocycles. The van der Waals surface area contributed by atoms with Gasteiger partial charge in [0.1, 0.15) is 5.82 Å². The summed E-state index contributed by atoms with van der Waals surface area (Å²) in [5.74, 6) is -0.197. The quantitative estimate of drug-likeness (QED) is 0.768. The van der Waals surface area contributed by atoms with Gasteiger partial charge in [-0.15, -0.1) is 0 Å². The predicted molar refractivity (Wildman–Crippen MR) is 102 cm³/mol. The van der Waals surface area contributed by atoms with Crippen LogP contribution in [-0.2, 0) is 19.2 Å². The number of nitrogens with zero attached hydrogens (tertiary/aromatic N) is 2. The van der Waals surface area contributed by atoms with Crippen LogP contribution < -0.4 is 0 Å². The second-order valence-electron chi connectivity index (χ2n) is 7.60. The predicted octanol–water partition coefficient (Wildman–Crippen LogP) is 4.11. The zero-order valence-corrected chi connectivity index (χ0v) is 15.4. The lowest BCUT2D eigenvalue weighted by Gasteiger charge is -2.38. The first kappa shape index (κ1) is 17.3. The largest absolute Gasteiger partial charge is 0.385 e. The van der Waals surface area contributed by atoms with Gasteiger partial charge in [0.15, 0.2) is 0 Å². The molecule has 2 heterocycles. The highest BCUT2D eigenvalue weighted by Gasteiger charge is 2.34. The maximum atomic E-state index is 13.7. The lowest BCUT2D eigenvalue weighted by molar-refractivity contribution is -0.0276. The maximum Gasteiger partial charge on any atom is 0.123 e. The van der Waals surface area contributed by atoms with E-state index >= 15 is 0 Å². The molecule has 0 unspecified atom stereocenters. The fraction of sp³-hybridized carbons (Fsp3) is 0.364. The third-order valence-corrected chi connectivity index (χ3v) is 5.70. The number of fused-ring (bicyclic) bond motifs is 1. The van der Waals surface area contributed by atoms with Crippen molar-refractivity contribution < 1.29 is 9.50 Å². The molecule has 1 fully saturated rings. The molecule has 3 aromatic rings. The fourth-order valence-electron chi connectivity index (χ4n) is 4.05. The number of aliphatic hydroxyl groups is 1. The van der Waals surface area contributed by atoms with Crippen LogP contribution in [0.1, 0.15) is 29.5 Å². The van der Waals surface area contributed by atoms with Crippen LogP contribution in [0.5, 0.6) is 0 Å². The number of aromatic nitrogens is 1. The Morgan fingerprint density at radius 3 is 2.46 bits per heavy atom. The van der Waals surface area contributed by atoms with E-state index in [1.165, 1.54) is 11.6 Å². The SMILES string of the molecule is Cc1ccc(C2(O)CCN(Cc3cn(C)c4ccc(F)cc34)CC2)cc1. The van der Waals surface area contributed by atoms with Gasteiger partial charge >= 0.3 is 0 Å². The van der Waals surface area contributed by atoms with Crippen molar-refractivity contribution in [3.8, 4) is 0 Å². The van der Waals surface area contributed by atoms with Crippen molar-refractivity contribution in [1.29, 1.82) is 0 Å². The topological polar surface area (TPSA) is 28.4 Å². The molecule has 2 aromatic carbocycles. The van der Waals surface area contributed by atoms with Gasteiger partial charge in [-0.2, -0.15) is 0 Å². The van der Waals surface area contributed by atoms with Crippen LogP contribution in [0.2, 0.25) is 0 Å². The minimum Gasteiger partial charge on any atom is -0.385 e. The number of aryl methyl sites for hydroxylation is 2.